The van der Waals surface area contributed by atoms with Crippen LogP contribution >= 0.6 is 0 Å². The average Bonchev–Trinajstić information content (AvgIpc) is 3.25. The van der Waals surface area contributed by atoms with Crippen molar-refractivity contribution in [3.05, 3.63) is 42.4 Å². The van der Waals surface area contributed by atoms with Gasteiger partial charge in [0.2, 0.25) is 0 Å². The van der Waals surface area contributed by atoms with Crippen molar-refractivity contribution in [3.8, 4) is 5.69 Å². The van der Waals surface area contributed by atoms with Crippen LogP contribution in [0, 0.1) is 0 Å². The van der Waals surface area contributed by atoms with Gasteiger partial charge >= 0.3 is 6.09 Å². The van der Waals surface area contributed by atoms with Gasteiger partial charge in [-0.25, -0.2) is 9.48 Å². The molecule has 0 atom stereocenters. The molecule has 1 aromatic carbocycles. The Morgan fingerprint density at radius 3 is 3.00 bits per heavy atom. The van der Waals surface area contributed by atoms with Crippen LogP contribution in [-0.4, -0.2) is 38.8 Å². The molecule has 0 saturated carbocycles. The molecule has 2 aromatic heterocycles. The minimum Gasteiger partial charge on any atom is -0.450 e. The highest BCUT2D eigenvalue weighted by Gasteiger charge is 2.08. The van der Waals surface area contributed by atoms with Crippen molar-refractivity contribution in [2.24, 2.45) is 7.05 Å². The zero-order chi connectivity index (χ0) is 18.4. The van der Waals surface area contributed by atoms with Crippen molar-refractivity contribution in [1.82, 2.24) is 24.9 Å². The fourth-order valence-electron chi connectivity index (χ4n) is 2.87. The summed E-state index contributed by atoms with van der Waals surface area (Å²) in [5.74, 6) is 0. The predicted octanol–water partition coefficient (Wildman–Crippen LogP) is 3.22. The molecule has 1 amide bonds. The van der Waals surface area contributed by atoms with Crippen LogP contribution in [0.3, 0.4) is 0 Å². The number of nitrogens with one attached hydrogen (secondary N) is 1. The first-order chi connectivity index (χ1) is 12.7. The molecular formula is C19H25N5O2. The van der Waals surface area contributed by atoms with Crippen molar-refractivity contribution in [2.75, 3.05) is 13.2 Å². The van der Waals surface area contributed by atoms with Crippen molar-refractivity contribution in [2.45, 2.75) is 32.6 Å². The second-order valence-electron chi connectivity index (χ2n) is 6.33. The first-order valence-electron chi connectivity index (χ1n) is 9.04. The summed E-state index contributed by atoms with van der Waals surface area (Å²) < 4.78 is 9.02. The van der Waals surface area contributed by atoms with Gasteiger partial charge in [0.15, 0.2) is 0 Å². The highest BCUT2D eigenvalue weighted by atomic mass is 16.5. The van der Waals surface area contributed by atoms with Gasteiger partial charge < -0.3 is 14.6 Å². The molecule has 26 heavy (non-hydrogen) atoms. The van der Waals surface area contributed by atoms with E-state index in [2.05, 4.69) is 45.3 Å². The summed E-state index contributed by atoms with van der Waals surface area (Å²) in [6, 6.07) is 8.33. The maximum atomic E-state index is 11.5. The maximum Gasteiger partial charge on any atom is 0.407 e. The maximum absolute atomic E-state index is 11.5. The van der Waals surface area contributed by atoms with Gasteiger partial charge in [0.1, 0.15) is 0 Å². The molecule has 7 heteroatoms. The molecule has 7 nitrogen and oxygen atoms in total. The lowest BCUT2D eigenvalue weighted by atomic mass is 10.2. The summed E-state index contributed by atoms with van der Waals surface area (Å²) in [5, 5.41) is 12.2. The van der Waals surface area contributed by atoms with Gasteiger partial charge in [-0.2, -0.15) is 0 Å². The van der Waals surface area contributed by atoms with E-state index in [0.717, 1.165) is 37.1 Å². The SMILES string of the molecule is CCCCOC(=O)NCCCc1cnnn1-c1ccc2c(ccn2C)c1. The lowest BCUT2D eigenvalue weighted by Gasteiger charge is -2.08. The van der Waals surface area contributed by atoms with Gasteiger partial charge in [-0.15, -0.1) is 5.10 Å². The standard InChI is InChI=1S/C19H25N5O2/c1-3-4-12-26-19(25)20-10-5-6-17-14-21-22-24(17)16-7-8-18-15(13-16)9-11-23(18)2/h7-9,11,13-14H,3-6,10,12H2,1-2H3,(H,20,25). The zero-order valence-electron chi connectivity index (χ0n) is 15.3. The molecular weight excluding hydrogens is 330 g/mol. The van der Waals surface area contributed by atoms with Crippen LogP contribution < -0.4 is 5.32 Å². The van der Waals surface area contributed by atoms with Crippen LogP contribution in [0.2, 0.25) is 0 Å². The number of aromatic nitrogens is 4. The van der Waals surface area contributed by atoms with E-state index >= 15 is 0 Å². The number of unbranched alkanes of at least 4 members (excludes halogenated alkanes) is 1. The normalized spacial score (nSPS) is 11.0. The first kappa shape index (κ1) is 18.0. The predicted molar refractivity (Wildman–Crippen MR) is 100 cm³/mol. The molecule has 0 aliphatic heterocycles. The molecule has 3 aromatic rings. The number of aryl methyl sites for hydroxylation is 2. The van der Waals surface area contributed by atoms with Crippen LogP contribution in [0.1, 0.15) is 31.9 Å². The number of benzene rings is 1. The molecule has 138 valence electrons. The molecule has 0 aliphatic carbocycles. The zero-order valence-corrected chi connectivity index (χ0v) is 15.3. The number of carbonyl (C=O) groups excluding carboxylic acids is 1. The number of fused-ring (bicyclic) bond motifs is 1. The summed E-state index contributed by atoms with van der Waals surface area (Å²) in [6.07, 6.45) is 6.94. The Hall–Kier alpha value is -2.83. The van der Waals surface area contributed by atoms with E-state index in [1.165, 1.54) is 10.9 Å². The Morgan fingerprint density at radius 1 is 1.27 bits per heavy atom. The van der Waals surface area contributed by atoms with E-state index in [9.17, 15) is 4.79 Å². The summed E-state index contributed by atoms with van der Waals surface area (Å²) >= 11 is 0. The van der Waals surface area contributed by atoms with E-state index in [4.69, 9.17) is 4.74 Å². The van der Waals surface area contributed by atoms with E-state index in [0.29, 0.717) is 13.2 Å². The number of carbonyl (C=O) groups is 1. The quantitative estimate of drug-likeness (QED) is 0.630. The number of amides is 1. The Bertz CT molecular complexity index is 868. The van der Waals surface area contributed by atoms with Crippen molar-refractivity contribution in [1.29, 1.82) is 0 Å². The van der Waals surface area contributed by atoms with Crippen LogP contribution in [0.5, 0.6) is 0 Å². The third-order valence-corrected chi connectivity index (χ3v) is 4.34. The van der Waals surface area contributed by atoms with Crippen LogP contribution in [-0.2, 0) is 18.2 Å². The summed E-state index contributed by atoms with van der Waals surface area (Å²) in [5.41, 5.74) is 3.19. The second-order valence-corrected chi connectivity index (χ2v) is 6.33. The second kappa shape index (κ2) is 8.51. The third kappa shape index (κ3) is 4.22. The van der Waals surface area contributed by atoms with E-state index in [-0.39, 0.29) is 6.09 Å². The van der Waals surface area contributed by atoms with E-state index in [1.807, 2.05) is 24.0 Å². The van der Waals surface area contributed by atoms with Gasteiger partial charge in [-0.1, -0.05) is 18.6 Å². The minimum absolute atomic E-state index is 0.348. The molecule has 0 saturated heterocycles. The molecule has 3 rings (SSSR count). The fourth-order valence-corrected chi connectivity index (χ4v) is 2.87. The molecule has 0 unspecified atom stereocenters. The molecule has 0 radical (unpaired) electrons. The lowest BCUT2D eigenvalue weighted by molar-refractivity contribution is 0.144. The van der Waals surface area contributed by atoms with Crippen molar-refractivity contribution < 1.29 is 9.53 Å². The smallest absolute Gasteiger partial charge is 0.407 e. The van der Waals surface area contributed by atoms with Gasteiger partial charge in [-0.3, -0.25) is 0 Å². The fraction of sp³-hybridized carbons (Fsp3) is 0.421. The number of alkyl carbamates (subject to hydrolysis) is 1. The summed E-state index contributed by atoms with van der Waals surface area (Å²) in [6.45, 7) is 3.10. The topological polar surface area (TPSA) is 74.0 Å². The van der Waals surface area contributed by atoms with Gasteiger partial charge in [-0.05, 0) is 43.5 Å². The van der Waals surface area contributed by atoms with E-state index < -0.39 is 0 Å². The number of hydrogen-bond acceptors (Lipinski definition) is 4. The Labute approximate surface area is 152 Å². The van der Waals surface area contributed by atoms with Crippen LogP contribution in [0.15, 0.2) is 36.7 Å². The highest BCUT2D eigenvalue weighted by Crippen LogP contribution is 2.20. The number of nitrogens with zero attached hydrogens (tertiary/aromatic N) is 4. The number of hydrogen-bond donors (Lipinski definition) is 1. The summed E-state index contributed by atoms with van der Waals surface area (Å²) in [4.78, 5) is 11.5. The Balaban J connectivity index is 1.55. The number of ether oxygens (including phenoxy) is 1. The molecule has 1 N–H and O–H groups in total. The van der Waals surface area contributed by atoms with Crippen LogP contribution in [0.4, 0.5) is 4.79 Å². The Kier molecular flexibility index (Phi) is 5.88. The van der Waals surface area contributed by atoms with Crippen molar-refractivity contribution >= 4 is 17.0 Å². The summed E-state index contributed by atoms with van der Waals surface area (Å²) in [7, 11) is 2.03. The van der Waals surface area contributed by atoms with Crippen LogP contribution in [0.25, 0.3) is 16.6 Å². The molecule has 2 heterocycles. The molecule has 0 spiro atoms. The Morgan fingerprint density at radius 2 is 2.15 bits per heavy atom. The van der Waals surface area contributed by atoms with Gasteiger partial charge in [0.05, 0.1) is 24.2 Å². The molecule has 0 fully saturated rings. The average molecular weight is 355 g/mol. The largest absolute Gasteiger partial charge is 0.450 e. The molecule has 0 bridgehead atoms. The molecule has 0 aliphatic rings. The van der Waals surface area contributed by atoms with Gasteiger partial charge in [0.25, 0.3) is 0 Å². The lowest BCUT2D eigenvalue weighted by Crippen LogP contribution is -2.26. The monoisotopic (exact) mass is 355 g/mol. The third-order valence-electron chi connectivity index (χ3n) is 4.34. The minimum atomic E-state index is -0.348. The van der Waals surface area contributed by atoms with Gasteiger partial charge in [0, 0.05) is 30.7 Å². The number of rotatable bonds is 8. The first-order valence-corrected chi connectivity index (χ1v) is 9.04. The van der Waals surface area contributed by atoms with Crippen molar-refractivity contribution in [3.63, 3.8) is 0 Å². The van der Waals surface area contributed by atoms with E-state index in [1.54, 1.807) is 6.20 Å². The highest BCUT2D eigenvalue weighted by molar-refractivity contribution is 5.82.